The van der Waals surface area contributed by atoms with E-state index in [-0.39, 0.29) is 5.91 Å². The van der Waals surface area contributed by atoms with Crippen molar-refractivity contribution in [1.82, 2.24) is 4.98 Å². The number of pyridine rings is 1. The maximum Gasteiger partial charge on any atom is 0.255 e. The largest absolute Gasteiger partial charge is 0.486 e. The summed E-state index contributed by atoms with van der Waals surface area (Å²) in [7, 11) is 0. The standard InChI is InChI=1S/C14H11FN2O3/c15-13-4-2-10(8-16-13)17-14(18)9-1-3-11-12(7-9)20-6-5-19-11/h1-4,7-8H,5-6H2,(H,17,18). The molecule has 0 aliphatic carbocycles. The van der Waals surface area contributed by atoms with Gasteiger partial charge in [-0.15, -0.1) is 0 Å². The Hall–Kier alpha value is -2.63. The van der Waals surface area contributed by atoms with Gasteiger partial charge < -0.3 is 14.8 Å². The highest BCUT2D eigenvalue weighted by molar-refractivity contribution is 6.04. The van der Waals surface area contributed by atoms with Crippen molar-refractivity contribution >= 4 is 11.6 Å². The van der Waals surface area contributed by atoms with Crippen molar-refractivity contribution < 1.29 is 18.7 Å². The van der Waals surface area contributed by atoms with Gasteiger partial charge in [-0.1, -0.05) is 0 Å². The monoisotopic (exact) mass is 274 g/mol. The van der Waals surface area contributed by atoms with E-state index in [1.165, 1.54) is 18.3 Å². The normalized spacial score (nSPS) is 12.8. The highest BCUT2D eigenvalue weighted by Crippen LogP contribution is 2.30. The Bertz CT molecular complexity index is 643. The van der Waals surface area contributed by atoms with Crippen LogP contribution in [0.5, 0.6) is 11.5 Å². The van der Waals surface area contributed by atoms with Crippen LogP contribution in [0.4, 0.5) is 10.1 Å². The molecule has 2 heterocycles. The minimum Gasteiger partial charge on any atom is -0.486 e. The molecule has 0 saturated carbocycles. The van der Waals surface area contributed by atoms with Gasteiger partial charge in [0, 0.05) is 5.56 Å². The van der Waals surface area contributed by atoms with E-state index in [1.807, 2.05) is 0 Å². The number of nitrogens with one attached hydrogen (secondary N) is 1. The van der Waals surface area contributed by atoms with Gasteiger partial charge in [-0.05, 0) is 30.3 Å². The Morgan fingerprint density at radius 2 is 1.95 bits per heavy atom. The van der Waals surface area contributed by atoms with Gasteiger partial charge in [0.05, 0.1) is 11.9 Å². The fraction of sp³-hybridized carbons (Fsp3) is 0.143. The van der Waals surface area contributed by atoms with Gasteiger partial charge in [0.15, 0.2) is 11.5 Å². The van der Waals surface area contributed by atoms with Crippen LogP contribution in [-0.4, -0.2) is 24.1 Å². The van der Waals surface area contributed by atoms with Crippen molar-refractivity contribution in [2.45, 2.75) is 0 Å². The summed E-state index contributed by atoms with van der Waals surface area (Å²) >= 11 is 0. The van der Waals surface area contributed by atoms with Gasteiger partial charge in [0.25, 0.3) is 5.91 Å². The molecule has 0 radical (unpaired) electrons. The molecule has 0 fully saturated rings. The molecule has 1 aromatic heterocycles. The molecule has 1 N–H and O–H groups in total. The summed E-state index contributed by atoms with van der Waals surface area (Å²) in [4.78, 5) is 15.5. The van der Waals surface area contributed by atoms with Gasteiger partial charge in [-0.2, -0.15) is 4.39 Å². The maximum atomic E-state index is 12.7. The summed E-state index contributed by atoms with van der Waals surface area (Å²) in [6, 6.07) is 7.56. The summed E-state index contributed by atoms with van der Waals surface area (Å²) in [5.41, 5.74) is 0.852. The van der Waals surface area contributed by atoms with E-state index in [4.69, 9.17) is 9.47 Å². The number of ether oxygens (including phenoxy) is 2. The van der Waals surface area contributed by atoms with Crippen molar-refractivity contribution in [2.75, 3.05) is 18.5 Å². The van der Waals surface area contributed by atoms with Gasteiger partial charge in [-0.3, -0.25) is 4.79 Å². The molecular formula is C14H11FN2O3. The zero-order chi connectivity index (χ0) is 13.9. The van der Waals surface area contributed by atoms with Gasteiger partial charge in [0.2, 0.25) is 5.95 Å². The molecule has 1 amide bonds. The number of benzene rings is 1. The first-order chi connectivity index (χ1) is 9.72. The number of fused-ring (bicyclic) bond motifs is 1. The first kappa shape index (κ1) is 12.4. The molecule has 1 aromatic carbocycles. The molecule has 0 bridgehead atoms. The Balaban J connectivity index is 1.78. The lowest BCUT2D eigenvalue weighted by Crippen LogP contribution is -2.17. The zero-order valence-electron chi connectivity index (χ0n) is 10.4. The highest BCUT2D eigenvalue weighted by Gasteiger charge is 2.15. The van der Waals surface area contributed by atoms with Crippen LogP contribution >= 0.6 is 0 Å². The lowest BCUT2D eigenvalue weighted by Gasteiger charge is -2.18. The number of anilines is 1. The Labute approximate surface area is 114 Å². The molecule has 102 valence electrons. The van der Waals surface area contributed by atoms with E-state index < -0.39 is 5.95 Å². The molecule has 20 heavy (non-hydrogen) atoms. The topological polar surface area (TPSA) is 60.5 Å². The molecule has 3 rings (SSSR count). The minimum absolute atomic E-state index is 0.324. The number of aromatic nitrogens is 1. The second-order valence-corrected chi connectivity index (χ2v) is 4.18. The Kier molecular flexibility index (Phi) is 3.20. The highest BCUT2D eigenvalue weighted by atomic mass is 19.1. The fourth-order valence-electron chi connectivity index (χ4n) is 1.84. The van der Waals surface area contributed by atoms with Crippen LogP contribution in [0.25, 0.3) is 0 Å². The second kappa shape index (κ2) is 5.16. The predicted molar refractivity (Wildman–Crippen MR) is 69.6 cm³/mol. The third-order valence-electron chi connectivity index (χ3n) is 2.79. The number of halogens is 1. The number of hydrogen-bond donors (Lipinski definition) is 1. The molecule has 6 heteroatoms. The SMILES string of the molecule is O=C(Nc1ccc(F)nc1)c1ccc2c(c1)OCCO2. The number of amides is 1. The first-order valence-electron chi connectivity index (χ1n) is 6.05. The van der Waals surface area contributed by atoms with E-state index in [0.29, 0.717) is 36.0 Å². The Morgan fingerprint density at radius 1 is 1.15 bits per heavy atom. The van der Waals surface area contributed by atoms with Gasteiger partial charge in [0.1, 0.15) is 13.2 Å². The van der Waals surface area contributed by atoms with E-state index in [9.17, 15) is 9.18 Å². The van der Waals surface area contributed by atoms with Crippen LogP contribution in [-0.2, 0) is 0 Å². The summed E-state index contributed by atoms with van der Waals surface area (Å²) in [5, 5.41) is 2.63. The molecular weight excluding hydrogens is 263 g/mol. The van der Waals surface area contributed by atoms with Gasteiger partial charge >= 0.3 is 0 Å². The first-order valence-corrected chi connectivity index (χ1v) is 6.05. The van der Waals surface area contributed by atoms with Gasteiger partial charge in [-0.25, -0.2) is 4.98 Å². The van der Waals surface area contributed by atoms with Crippen LogP contribution in [0.3, 0.4) is 0 Å². The van der Waals surface area contributed by atoms with E-state index in [1.54, 1.807) is 18.2 Å². The number of rotatable bonds is 2. The van der Waals surface area contributed by atoms with Crippen molar-refractivity contribution in [3.8, 4) is 11.5 Å². The summed E-state index contributed by atoms with van der Waals surface area (Å²) in [6.07, 6.45) is 1.26. The van der Waals surface area contributed by atoms with Crippen molar-refractivity contribution in [3.63, 3.8) is 0 Å². The van der Waals surface area contributed by atoms with E-state index >= 15 is 0 Å². The quantitative estimate of drug-likeness (QED) is 0.853. The van der Waals surface area contributed by atoms with Crippen LogP contribution in [0.1, 0.15) is 10.4 Å². The smallest absolute Gasteiger partial charge is 0.255 e. The average Bonchev–Trinajstić information content (AvgIpc) is 2.49. The summed E-state index contributed by atoms with van der Waals surface area (Å²) < 4.78 is 23.5. The summed E-state index contributed by atoms with van der Waals surface area (Å²) in [5.74, 6) is 0.245. The molecule has 0 atom stereocenters. The zero-order valence-corrected chi connectivity index (χ0v) is 10.4. The van der Waals surface area contributed by atoms with E-state index in [2.05, 4.69) is 10.3 Å². The third kappa shape index (κ3) is 2.54. The van der Waals surface area contributed by atoms with Crippen molar-refractivity contribution in [3.05, 3.63) is 48.0 Å². The van der Waals surface area contributed by atoms with Crippen LogP contribution in [0.2, 0.25) is 0 Å². The molecule has 2 aromatic rings. The molecule has 0 unspecified atom stereocenters. The molecule has 0 spiro atoms. The number of carbonyl (C=O) groups excluding carboxylic acids is 1. The maximum absolute atomic E-state index is 12.7. The lowest BCUT2D eigenvalue weighted by atomic mass is 10.2. The molecule has 5 nitrogen and oxygen atoms in total. The number of carbonyl (C=O) groups is 1. The molecule has 0 saturated heterocycles. The number of hydrogen-bond acceptors (Lipinski definition) is 4. The van der Waals surface area contributed by atoms with Crippen LogP contribution in [0.15, 0.2) is 36.5 Å². The van der Waals surface area contributed by atoms with Crippen molar-refractivity contribution in [2.24, 2.45) is 0 Å². The minimum atomic E-state index is -0.595. The third-order valence-corrected chi connectivity index (χ3v) is 2.79. The predicted octanol–water partition coefficient (Wildman–Crippen LogP) is 2.24. The lowest BCUT2D eigenvalue weighted by molar-refractivity contribution is 0.102. The summed E-state index contributed by atoms with van der Waals surface area (Å²) in [6.45, 7) is 0.958. The van der Waals surface area contributed by atoms with Crippen LogP contribution in [0, 0.1) is 5.95 Å². The van der Waals surface area contributed by atoms with Crippen LogP contribution < -0.4 is 14.8 Å². The Morgan fingerprint density at radius 3 is 2.70 bits per heavy atom. The molecule has 1 aliphatic rings. The number of nitrogens with zero attached hydrogens (tertiary/aromatic N) is 1. The van der Waals surface area contributed by atoms with E-state index in [0.717, 1.165) is 0 Å². The van der Waals surface area contributed by atoms with Crippen molar-refractivity contribution in [1.29, 1.82) is 0 Å². The molecule has 1 aliphatic heterocycles. The fourth-order valence-corrected chi connectivity index (χ4v) is 1.84. The second-order valence-electron chi connectivity index (χ2n) is 4.18. The average molecular weight is 274 g/mol.